The summed E-state index contributed by atoms with van der Waals surface area (Å²) < 4.78 is 34.6. The number of unbranched alkanes of at least 4 members (excludes halogenated alkanes) is 36. The van der Waals surface area contributed by atoms with Crippen molar-refractivity contribution in [2.24, 2.45) is 0 Å². The van der Waals surface area contributed by atoms with Gasteiger partial charge in [0.25, 0.3) is 0 Å². The van der Waals surface area contributed by atoms with Gasteiger partial charge in [-0.15, -0.1) is 0 Å². The number of phosphoric acid groups is 1. The third kappa shape index (κ3) is 53.8. The van der Waals surface area contributed by atoms with Gasteiger partial charge in [0.1, 0.15) is 19.8 Å². The van der Waals surface area contributed by atoms with Gasteiger partial charge >= 0.3 is 19.8 Å². The number of hydrogen-bond donors (Lipinski definition) is 1. The number of carbonyl (C=O) groups excluding carboxylic acids is 2. The molecule has 0 aliphatic heterocycles. The van der Waals surface area contributed by atoms with Gasteiger partial charge in [-0.2, -0.15) is 0 Å². The molecule has 0 amide bonds. The maximum Gasteiger partial charge on any atom is 0.472 e. The molecule has 0 heterocycles. The van der Waals surface area contributed by atoms with Crippen LogP contribution in [-0.4, -0.2) is 74.9 Å². The normalized spacial score (nSPS) is 13.4. The molecule has 0 aromatic heterocycles. The van der Waals surface area contributed by atoms with Gasteiger partial charge in [0.2, 0.25) is 0 Å². The maximum absolute atomic E-state index is 12.8. The number of nitrogens with zero attached hydrogens (tertiary/aromatic N) is 1. The van der Waals surface area contributed by atoms with Gasteiger partial charge in [-0.25, -0.2) is 4.57 Å². The Morgan fingerprint density at radius 2 is 0.794 bits per heavy atom. The van der Waals surface area contributed by atoms with E-state index in [9.17, 15) is 19.0 Å². The van der Waals surface area contributed by atoms with Crippen LogP contribution in [0.5, 0.6) is 0 Å². The van der Waals surface area contributed by atoms with Crippen LogP contribution in [0.2, 0.25) is 0 Å². The molecule has 68 heavy (non-hydrogen) atoms. The first kappa shape index (κ1) is 66.5. The maximum atomic E-state index is 12.8. The van der Waals surface area contributed by atoms with Crippen LogP contribution >= 0.6 is 7.82 Å². The Bertz CT molecular complexity index is 1200. The SMILES string of the molecule is CCCCCC/C=C\C/C=C\CCCCCCCCCC(=O)OC(COC(=O)CCCCCCCCCCCCCCCCCCCCCCCCCCCC)COP(=O)(O)OCC[N+](C)(C)C. The highest BCUT2D eigenvalue weighted by molar-refractivity contribution is 7.47. The van der Waals surface area contributed by atoms with Crippen molar-refractivity contribution in [1.29, 1.82) is 0 Å². The smallest absolute Gasteiger partial charge is 0.462 e. The second-order valence-corrected chi connectivity index (χ2v) is 22.5. The van der Waals surface area contributed by atoms with Gasteiger partial charge in [-0.3, -0.25) is 18.6 Å². The molecular formula is C58H113NO8P+. The zero-order valence-electron chi connectivity index (χ0n) is 45.6. The van der Waals surface area contributed by atoms with Crippen molar-refractivity contribution in [2.75, 3.05) is 47.5 Å². The summed E-state index contributed by atoms with van der Waals surface area (Å²) in [4.78, 5) is 35.7. The first-order chi connectivity index (χ1) is 33.0. The van der Waals surface area contributed by atoms with Gasteiger partial charge < -0.3 is 18.9 Å². The molecule has 0 radical (unpaired) electrons. The van der Waals surface area contributed by atoms with Crippen molar-refractivity contribution in [3.63, 3.8) is 0 Å². The lowest BCUT2D eigenvalue weighted by Gasteiger charge is -2.24. The largest absolute Gasteiger partial charge is 0.472 e. The molecule has 2 atom stereocenters. The number of likely N-dealkylation sites (N-methyl/N-ethyl adjacent to an activating group) is 1. The summed E-state index contributed by atoms with van der Waals surface area (Å²) in [5, 5.41) is 0. The minimum atomic E-state index is -4.38. The molecule has 10 heteroatoms. The minimum absolute atomic E-state index is 0.0323. The van der Waals surface area contributed by atoms with Gasteiger partial charge in [-0.1, -0.05) is 250 Å². The average Bonchev–Trinajstić information content (AvgIpc) is 3.30. The van der Waals surface area contributed by atoms with Crippen molar-refractivity contribution in [3.8, 4) is 0 Å². The van der Waals surface area contributed by atoms with E-state index in [4.69, 9.17) is 18.5 Å². The molecule has 0 bridgehead atoms. The van der Waals surface area contributed by atoms with E-state index in [2.05, 4.69) is 38.2 Å². The van der Waals surface area contributed by atoms with Crippen molar-refractivity contribution in [1.82, 2.24) is 0 Å². The lowest BCUT2D eigenvalue weighted by atomic mass is 10.0. The molecule has 0 fully saturated rings. The molecular weight excluding hydrogens is 870 g/mol. The number of allylic oxidation sites excluding steroid dienone is 4. The summed E-state index contributed by atoms with van der Waals surface area (Å²) in [5.41, 5.74) is 0. The Labute approximate surface area is 421 Å². The number of ether oxygens (including phenoxy) is 2. The quantitative estimate of drug-likeness (QED) is 0.0211. The van der Waals surface area contributed by atoms with Crippen LogP contribution in [-0.2, 0) is 32.7 Å². The summed E-state index contributed by atoms with van der Waals surface area (Å²) in [6.07, 6.45) is 59.6. The minimum Gasteiger partial charge on any atom is -0.462 e. The third-order valence-corrected chi connectivity index (χ3v) is 14.0. The standard InChI is InChI=1S/C58H112NO8P/c1-6-8-10-12-14-16-18-20-22-24-26-27-28-29-30-31-32-33-35-36-38-40-42-44-46-48-50-57(60)64-54-56(55-66-68(62,63)65-53-52-59(3,4)5)67-58(61)51-49-47-45-43-41-39-37-34-25-23-21-19-17-15-13-11-9-7-2/h17,19,23,25,56H,6-16,18,20-22,24,26-55H2,1-5H3/p+1/b19-17-,25-23-. The number of rotatable bonds is 54. The molecule has 0 aromatic rings. The summed E-state index contributed by atoms with van der Waals surface area (Å²) in [7, 11) is 1.48. The van der Waals surface area contributed by atoms with Crippen molar-refractivity contribution in [2.45, 2.75) is 290 Å². The first-order valence-corrected chi connectivity index (χ1v) is 30.6. The van der Waals surface area contributed by atoms with Crippen molar-refractivity contribution < 1.29 is 42.1 Å². The lowest BCUT2D eigenvalue weighted by Crippen LogP contribution is -2.37. The molecule has 1 N–H and O–H groups in total. The van der Waals surface area contributed by atoms with Crippen LogP contribution < -0.4 is 0 Å². The first-order valence-electron chi connectivity index (χ1n) is 29.1. The Balaban J connectivity index is 4.10. The van der Waals surface area contributed by atoms with Gasteiger partial charge in [0.15, 0.2) is 6.10 Å². The monoisotopic (exact) mass is 983 g/mol. The van der Waals surface area contributed by atoms with Crippen molar-refractivity contribution in [3.05, 3.63) is 24.3 Å². The van der Waals surface area contributed by atoms with E-state index in [1.54, 1.807) is 0 Å². The van der Waals surface area contributed by atoms with Crippen LogP contribution in [0.4, 0.5) is 0 Å². The van der Waals surface area contributed by atoms with Crippen LogP contribution in [0, 0.1) is 0 Å². The molecule has 9 nitrogen and oxygen atoms in total. The highest BCUT2D eigenvalue weighted by atomic mass is 31.2. The van der Waals surface area contributed by atoms with Crippen LogP contribution in [0.15, 0.2) is 24.3 Å². The summed E-state index contributed by atoms with van der Waals surface area (Å²) in [6.45, 7) is 4.46. The topological polar surface area (TPSA) is 108 Å². The second kappa shape index (κ2) is 50.4. The molecule has 402 valence electrons. The van der Waals surface area contributed by atoms with E-state index < -0.39 is 26.5 Å². The van der Waals surface area contributed by atoms with E-state index in [0.29, 0.717) is 23.9 Å². The molecule has 0 rings (SSSR count). The van der Waals surface area contributed by atoms with Crippen molar-refractivity contribution >= 4 is 19.8 Å². The molecule has 0 saturated carbocycles. The highest BCUT2D eigenvalue weighted by Gasteiger charge is 2.27. The van der Waals surface area contributed by atoms with Crippen LogP contribution in [0.1, 0.15) is 284 Å². The van der Waals surface area contributed by atoms with E-state index >= 15 is 0 Å². The summed E-state index contributed by atoms with van der Waals surface area (Å²) in [5.74, 6) is -0.791. The fraction of sp³-hybridized carbons (Fsp3) is 0.897. The average molecular weight is 984 g/mol. The Kier molecular flexibility index (Phi) is 49.3. The van der Waals surface area contributed by atoms with Gasteiger partial charge in [0.05, 0.1) is 27.7 Å². The fourth-order valence-electron chi connectivity index (χ4n) is 8.46. The molecule has 0 aliphatic carbocycles. The van der Waals surface area contributed by atoms with E-state index in [0.717, 1.165) is 51.4 Å². The Morgan fingerprint density at radius 3 is 1.18 bits per heavy atom. The second-order valence-electron chi connectivity index (χ2n) is 21.0. The third-order valence-electron chi connectivity index (χ3n) is 13.0. The zero-order chi connectivity index (χ0) is 49.9. The molecule has 0 saturated heterocycles. The number of phosphoric ester groups is 1. The van der Waals surface area contributed by atoms with Gasteiger partial charge in [0, 0.05) is 12.8 Å². The number of esters is 2. The summed E-state index contributed by atoms with van der Waals surface area (Å²) >= 11 is 0. The highest BCUT2D eigenvalue weighted by Crippen LogP contribution is 2.43. The van der Waals surface area contributed by atoms with Crippen LogP contribution in [0.3, 0.4) is 0 Å². The van der Waals surface area contributed by atoms with Crippen LogP contribution in [0.25, 0.3) is 0 Å². The number of carbonyl (C=O) groups is 2. The summed E-state index contributed by atoms with van der Waals surface area (Å²) in [6, 6.07) is 0. The fourth-order valence-corrected chi connectivity index (χ4v) is 9.20. The van der Waals surface area contributed by atoms with Gasteiger partial charge in [-0.05, 0) is 44.9 Å². The molecule has 0 spiro atoms. The Hall–Kier alpha value is -1.51. The number of hydrogen-bond acceptors (Lipinski definition) is 7. The number of quaternary nitrogens is 1. The molecule has 2 unspecified atom stereocenters. The Morgan fingerprint density at radius 1 is 0.456 bits per heavy atom. The lowest BCUT2D eigenvalue weighted by molar-refractivity contribution is -0.870. The molecule has 0 aromatic carbocycles. The molecule has 0 aliphatic rings. The van der Waals surface area contributed by atoms with E-state index in [-0.39, 0.29) is 25.6 Å². The zero-order valence-corrected chi connectivity index (χ0v) is 46.5. The van der Waals surface area contributed by atoms with E-state index in [1.807, 2.05) is 21.1 Å². The van der Waals surface area contributed by atoms with E-state index in [1.165, 1.54) is 199 Å². The predicted molar refractivity (Wildman–Crippen MR) is 289 cm³/mol. The predicted octanol–water partition coefficient (Wildman–Crippen LogP) is 17.8.